The monoisotopic (exact) mass is 425 g/mol. The molecule has 0 aliphatic carbocycles. The molecule has 0 saturated carbocycles. The normalized spacial score (nSPS) is 16.6. The molecular formula is C23H27N3O5. The number of ether oxygens (including phenoxy) is 2. The number of rotatable bonds is 6. The lowest BCUT2D eigenvalue weighted by Crippen LogP contribution is -2.36. The zero-order valence-corrected chi connectivity index (χ0v) is 17.5. The predicted octanol–water partition coefficient (Wildman–Crippen LogP) is 3.15. The molecule has 2 aliphatic rings. The van der Waals surface area contributed by atoms with Crippen LogP contribution >= 0.6 is 0 Å². The number of nitro groups is 1. The fourth-order valence-electron chi connectivity index (χ4n) is 4.12. The number of hydrogen-bond donors (Lipinski definition) is 0. The molecule has 8 heteroatoms. The number of amides is 1. The average molecular weight is 425 g/mol. The van der Waals surface area contributed by atoms with Gasteiger partial charge in [-0.15, -0.1) is 0 Å². The first-order valence-electron chi connectivity index (χ1n) is 10.8. The molecule has 0 aromatic heterocycles. The van der Waals surface area contributed by atoms with Crippen LogP contribution in [-0.4, -0.2) is 66.6 Å². The van der Waals surface area contributed by atoms with Gasteiger partial charge in [-0.1, -0.05) is 30.3 Å². The van der Waals surface area contributed by atoms with Gasteiger partial charge in [-0.05, 0) is 37.9 Å². The fraction of sp³-hybridized carbons (Fsp3) is 0.435. The molecule has 1 fully saturated rings. The van der Waals surface area contributed by atoms with Gasteiger partial charge in [0.05, 0.1) is 11.0 Å². The minimum absolute atomic E-state index is 0.0618. The molecule has 0 N–H and O–H groups in total. The highest BCUT2D eigenvalue weighted by atomic mass is 16.6. The van der Waals surface area contributed by atoms with Crippen LogP contribution in [-0.2, 0) is 6.42 Å². The van der Waals surface area contributed by atoms with Crippen molar-refractivity contribution in [3.8, 4) is 11.5 Å². The topological polar surface area (TPSA) is 85.1 Å². The van der Waals surface area contributed by atoms with Gasteiger partial charge in [0.1, 0.15) is 18.8 Å². The lowest BCUT2D eigenvalue weighted by atomic mass is 10.1. The summed E-state index contributed by atoms with van der Waals surface area (Å²) >= 11 is 0. The molecule has 0 radical (unpaired) electrons. The summed E-state index contributed by atoms with van der Waals surface area (Å²) in [6.07, 6.45) is 2.93. The van der Waals surface area contributed by atoms with Crippen LogP contribution in [0.3, 0.4) is 0 Å². The van der Waals surface area contributed by atoms with Crippen molar-refractivity contribution in [2.45, 2.75) is 19.3 Å². The first kappa shape index (κ1) is 21.1. The van der Waals surface area contributed by atoms with Crippen molar-refractivity contribution < 1.29 is 19.2 Å². The van der Waals surface area contributed by atoms with Gasteiger partial charge in [0.25, 0.3) is 11.6 Å². The Morgan fingerprint density at radius 3 is 2.48 bits per heavy atom. The number of hydrogen-bond acceptors (Lipinski definition) is 6. The van der Waals surface area contributed by atoms with E-state index in [-0.39, 0.29) is 17.2 Å². The first-order chi connectivity index (χ1) is 15.1. The minimum atomic E-state index is -0.529. The third-order valence-corrected chi connectivity index (χ3v) is 5.75. The zero-order chi connectivity index (χ0) is 21.6. The summed E-state index contributed by atoms with van der Waals surface area (Å²) in [4.78, 5) is 28.3. The molecule has 2 aromatic rings. The number of nitro benzene ring substituents is 1. The van der Waals surface area contributed by atoms with E-state index >= 15 is 0 Å². The molecular weight excluding hydrogens is 398 g/mol. The second kappa shape index (κ2) is 9.78. The molecule has 31 heavy (non-hydrogen) atoms. The van der Waals surface area contributed by atoms with Crippen molar-refractivity contribution in [2.75, 3.05) is 45.9 Å². The summed E-state index contributed by atoms with van der Waals surface area (Å²) in [5.74, 6) is 0.377. The molecule has 0 atom stereocenters. The Labute approximate surface area is 181 Å². The predicted molar refractivity (Wildman–Crippen MR) is 116 cm³/mol. The van der Waals surface area contributed by atoms with E-state index in [0.29, 0.717) is 37.8 Å². The molecule has 8 nitrogen and oxygen atoms in total. The van der Waals surface area contributed by atoms with Gasteiger partial charge in [-0.3, -0.25) is 14.9 Å². The van der Waals surface area contributed by atoms with Gasteiger partial charge in [-0.2, -0.15) is 0 Å². The fourth-order valence-corrected chi connectivity index (χ4v) is 4.12. The maximum absolute atomic E-state index is 13.2. The van der Waals surface area contributed by atoms with Crippen LogP contribution in [0.15, 0.2) is 42.5 Å². The smallest absolute Gasteiger partial charge is 0.286 e. The Balaban J connectivity index is 1.39. The van der Waals surface area contributed by atoms with Gasteiger partial charge in [0.2, 0.25) is 0 Å². The molecule has 2 heterocycles. The Hall–Kier alpha value is -3.13. The lowest BCUT2D eigenvalue weighted by Gasteiger charge is -2.23. The van der Waals surface area contributed by atoms with E-state index in [1.54, 1.807) is 4.90 Å². The van der Waals surface area contributed by atoms with Crippen LogP contribution in [0.1, 0.15) is 28.8 Å². The van der Waals surface area contributed by atoms with Gasteiger partial charge in [-0.25, -0.2) is 0 Å². The molecule has 2 aliphatic heterocycles. The Kier molecular flexibility index (Phi) is 6.66. The standard InChI is InChI=1S/C23H27N3O5/c27-23(19-16-21-22(31-15-14-30-21)17-20(19)26(28)29)25-11-5-10-24(12-13-25)9-4-8-18-6-2-1-3-7-18/h1-3,6-7,16-17H,4-5,8-15H2. The highest BCUT2D eigenvalue weighted by molar-refractivity contribution is 5.99. The van der Waals surface area contributed by atoms with Crippen molar-refractivity contribution in [1.29, 1.82) is 0 Å². The molecule has 1 saturated heterocycles. The van der Waals surface area contributed by atoms with Gasteiger partial charge < -0.3 is 19.3 Å². The Morgan fingerprint density at radius 2 is 1.74 bits per heavy atom. The average Bonchev–Trinajstić information content (AvgIpc) is 3.04. The summed E-state index contributed by atoms with van der Waals surface area (Å²) in [5.41, 5.74) is 1.16. The number of aryl methyl sites for hydroxylation is 1. The largest absolute Gasteiger partial charge is 0.486 e. The van der Waals surface area contributed by atoms with E-state index in [2.05, 4.69) is 29.2 Å². The third-order valence-electron chi connectivity index (χ3n) is 5.75. The van der Waals surface area contributed by atoms with Crippen molar-refractivity contribution >= 4 is 11.6 Å². The van der Waals surface area contributed by atoms with E-state index in [9.17, 15) is 14.9 Å². The minimum Gasteiger partial charge on any atom is -0.486 e. The number of carbonyl (C=O) groups excluding carboxylic acids is 1. The van der Waals surface area contributed by atoms with E-state index < -0.39 is 4.92 Å². The van der Waals surface area contributed by atoms with Crippen LogP contribution in [0.25, 0.3) is 0 Å². The van der Waals surface area contributed by atoms with E-state index in [1.165, 1.54) is 17.7 Å². The van der Waals surface area contributed by atoms with E-state index in [0.717, 1.165) is 38.9 Å². The van der Waals surface area contributed by atoms with Crippen molar-refractivity contribution in [3.63, 3.8) is 0 Å². The van der Waals surface area contributed by atoms with Crippen molar-refractivity contribution in [3.05, 3.63) is 63.7 Å². The van der Waals surface area contributed by atoms with Gasteiger partial charge in [0, 0.05) is 25.7 Å². The highest BCUT2D eigenvalue weighted by Gasteiger charge is 2.30. The molecule has 2 aromatic carbocycles. The first-order valence-corrected chi connectivity index (χ1v) is 10.8. The number of nitrogens with zero attached hydrogens (tertiary/aromatic N) is 3. The maximum Gasteiger partial charge on any atom is 0.286 e. The van der Waals surface area contributed by atoms with Crippen LogP contribution < -0.4 is 9.47 Å². The summed E-state index contributed by atoms with van der Waals surface area (Å²) in [6.45, 7) is 4.49. The number of carbonyl (C=O) groups is 1. The third kappa shape index (κ3) is 5.14. The molecule has 4 rings (SSSR count). The van der Waals surface area contributed by atoms with E-state index in [4.69, 9.17) is 9.47 Å². The highest BCUT2D eigenvalue weighted by Crippen LogP contribution is 2.37. The molecule has 0 bridgehead atoms. The SMILES string of the molecule is O=C(c1cc2c(cc1[N+](=O)[O-])OCCO2)N1CCCN(CCCc2ccccc2)CC1. The van der Waals surface area contributed by atoms with Crippen LogP contribution in [0.2, 0.25) is 0 Å². The quantitative estimate of drug-likeness (QED) is 0.522. The second-order valence-electron chi connectivity index (χ2n) is 7.85. The van der Waals surface area contributed by atoms with E-state index in [1.807, 2.05) is 6.07 Å². The summed E-state index contributed by atoms with van der Waals surface area (Å²) in [7, 11) is 0. The number of fused-ring (bicyclic) bond motifs is 1. The summed E-state index contributed by atoms with van der Waals surface area (Å²) in [6, 6.07) is 13.2. The van der Waals surface area contributed by atoms with Gasteiger partial charge in [0.15, 0.2) is 11.5 Å². The van der Waals surface area contributed by atoms with Gasteiger partial charge >= 0.3 is 0 Å². The van der Waals surface area contributed by atoms with Crippen molar-refractivity contribution in [1.82, 2.24) is 9.80 Å². The zero-order valence-electron chi connectivity index (χ0n) is 17.5. The molecule has 164 valence electrons. The number of benzene rings is 2. The summed E-state index contributed by atoms with van der Waals surface area (Å²) in [5, 5.41) is 11.6. The molecule has 1 amide bonds. The Bertz CT molecular complexity index is 934. The van der Waals surface area contributed by atoms with Crippen molar-refractivity contribution in [2.24, 2.45) is 0 Å². The van der Waals surface area contributed by atoms with Crippen LogP contribution in [0, 0.1) is 10.1 Å². The van der Waals surface area contributed by atoms with Crippen LogP contribution in [0.4, 0.5) is 5.69 Å². The lowest BCUT2D eigenvalue weighted by molar-refractivity contribution is -0.385. The maximum atomic E-state index is 13.2. The second-order valence-corrected chi connectivity index (χ2v) is 7.85. The molecule has 0 unspecified atom stereocenters. The Morgan fingerprint density at radius 1 is 1.00 bits per heavy atom. The van der Waals surface area contributed by atoms with Crippen LogP contribution in [0.5, 0.6) is 11.5 Å². The molecule has 0 spiro atoms. The summed E-state index contributed by atoms with van der Waals surface area (Å²) < 4.78 is 11.0.